The normalized spacial score (nSPS) is 14.9. The Morgan fingerprint density at radius 1 is 1.21 bits per heavy atom. The summed E-state index contributed by atoms with van der Waals surface area (Å²) in [7, 11) is 0. The second-order valence-corrected chi connectivity index (χ2v) is 8.06. The molecule has 0 radical (unpaired) electrons. The van der Waals surface area contributed by atoms with Gasteiger partial charge in [-0.2, -0.15) is 0 Å². The lowest BCUT2D eigenvalue weighted by molar-refractivity contribution is 0.294. The summed E-state index contributed by atoms with van der Waals surface area (Å²) in [5.74, 6) is 1.85. The summed E-state index contributed by atoms with van der Waals surface area (Å²) in [5, 5.41) is 7.42. The number of rotatable bonds is 7. The zero-order valence-corrected chi connectivity index (χ0v) is 17.7. The van der Waals surface area contributed by atoms with E-state index in [0.29, 0.717) is 34.9 Å². The fraction of sp³-hybridized carbons (Fsp3) is 0.381. The Kier molecular flexibility index (Phi) is 6.53. The van der Waals surface area contributed by atoms with Crippen molar-refractivity contribution in [1.82, 2.24) is 25.6 Å². The highest BCUT2D eigenvalue weighted by atomic mass is 79.9. The SMILES string of the molecule is O=c1[nH]c(COc2ccccc2Br)nc2c(CNCC3CCNCC3)nccc12. The first-order valence-electron chi connectivity index (χ1n) is 9.86. The molecule has 3 aromatic rings. The number of hydrogen-bond acceptors (Lipinski definition) is 6. The number of pyridine rings is 1. The van der Waals surface area contributed by atoms with Crippen molar-refractivity contribution in [3.8, 4) is 5.75 Å². The average Bonchev–Trinajstić information content (AvgIpc) is 2.74. The van der Waals surface area contributed by atoms with Crippen molar-refractivity contribution in [2.45, 2.75) is 26.0 Å². The van der Waals surface area contributed by atoms with Crippen LogP contribution in [0.1, 0.15) is 24.4 Å². The van der Waals surface area contributed by atoms with Crippen LogP contribution in [-0.2, 0) is 13.2 Å². The van der Waals surface area contributed by atoms with Gasteiger partial charge in [-0.3, -0.25) is 9.78 Å². The van der Waals surface area contributed by atoms with E-state index in [0.717, 1.165) is 29.8 Å². The first-order chi connectivity index (χ1) is 14.2. The van der Waals surface area contributed by atoms with Crippen LogP contribution < -0.4 is 20.9 Å². The maximum Gasteiger partial charge on any atom is 0.258 e. The van der Waals surface area contributed by atoms with Crippen LogP contribution in [-0.4, -0.2) is 34.6 Å². The van der Waals surface area contributed by atoms with Crippen LogP contribution in [0.5, 0.6) is 5.75 Å². The number of halogens is 1. The fourth-order valence-corrected chi connectivity index (χ4v) is 3.95. The van der Waals surface area contributed by atoms with Crippen molar-refractivity contribution in [3.05, 3.63) is 62.9 Å². The van der Waals surface area contributed by atoms with Gasteiger partial charge in [0.15, 0.2) is 0 Å². The molecule has 1 saturated heterocycles. The molecule has 1 aliphatic heterocycles. The van der Waals surface area contributed by atoms with Gasteiger partial charge in [-0.25, -0.2) is 4.98 Å². The number of nitrogens with zero attached hydrogens (tertiary/aromatic N) is 2. The summed E-state index contributed by atoms with van der Waals surface area (Å²) in [6.45, 7) is 3.86. The third-order valence-electron chi connectivity index (χ3n) is 5.13. The highest BCUT2D eigenvalue weighted by Crippen LogP contribution is 2.24. The molecule has 0 bridgehead atoms. The average molecular weight is 458 g/mol. The molecular formula is C21H24BrN5O2. The second-order valence-electron chi connectivity index (χ2n) is 7.21. The van der Waals surface area contributed by atoms with Crippen LogP contribution >= 0.6 is 15.9 Å². The standard InChI is InChI=1S/C21H24BrN5O2/c22-16-3-1-2-4-18(16)29-13-19-26-20-15(21(28)27-19)7-10-25-17(20)12-24-11-14-5-8-23-9-6-14/h1-4,7,10,14,23-24H,5-6,8-9,11-13H2,(H,26,27,28). The lowest BCUT2D eigenvalue weighted by atomic mass is 9.98. The lowest BCUT2D eigenvalue weighted by Crippen LogP contribution is -2.33. The van der Waals surface area contributed by atoms with Gasteiger partial charge in [-0.05, 0) is 72.5 Å². The molecule has 1 fully saturated rings. The van der Waals surface area contributed by atoms with E-state index in [1.54, 1.807) is 12.3 Å². The predicted octanol–water partition coefficient (Wildman–Crippen LogP) is 2.75. The van der Waals surface area contributed by atoms with Crippen LogP contribution in [0.15, 0.2) is 45.8 Å². The number of H-pyrrole nitrogens is 1. The van der Waals surface area contributed by atoms with Crippen molar-refractivity contribution in [2.75, 3.05) is 19.6 Å². The fourth-order valence-electron chi connectivity index (χ4n) is 3.55. The van der Waals surface area contributed by atoms with Crippen molar-refractivity contribution in [2.24, 2.45) is 5.92 Å². The van der Waals surface area contributed by atoms with Gasteiger partial charge in [0.25, 0.3) is 5.56 Å². The second kappa shape index (κ2) is 9.47. The minimum atomic E-state index is -0.178. The van der Waals surface area contributed by atoms with Crippen LogP contribution in [0.25, 0.3) is 10.9 Å². The Hall–Kier alpha value is -2.29. The Bertz CT molecular complexity index is 1030. The van der Waals surface area contributed by atoms with Gasteiger partial charge in [0.2, 0.25) is 0 Å². The summed E-state index contributed by atoms with van der Waals surface area (Å²) in [6, 6.07) is 9.29. The van der Waals surface area contributed by atoms with Crippen LogP contribution in [0.4, 0.5) is 0 Å². The summed E-state index contributed by atoms with van der Waals surface area (Å²) in [4.78, 5) is 24.5. The third kappa shape index (κ3) is 5.01. The van der Waals surface area contributed by atoms with Crippen LogP contribution in [0.2, 0.25) is 0 Å². The monoisotopic (exact) mass is 457 g/mol. The highest BCUT2D eigenvalue weighted by molar-refractivity contribution is 9.10. The van der Waals surface area contributed by atoms with Gasteiger partial charge in [0, 0.05) is 12.7 Å². The first-order valence-corrected chi connectivity index (χ1v) is 10.7. The van der Waals surface area contributed by atoms with Gasteiger partial charge in [0.1, 0.15) is 23.7 Å². The van der Waals surface area contributed by atoms with Gasteiger partial charge in [0.05, 0.1) is 15.6 Å². The number of nitrogens with one attached hydrogen (secondary N) is 3. The van der Waals surface area contributed by atoms with Crippen molar-refractivity contribution >= 4 is 26.8 Å². The zero-order valence-electron chi connectivity index (χ0n) is 16.1. The molecule has 152 valence electrons. The van der Waals surface area contributed by atoms with E-state index in [1.165, 1.54) is 12.8 Å². The lowest BCUT2D eigenvalue weighted by Gasteiger charge is -2.22. The largest absolute Gasteiger partial charge is 0.485 e. The van der Waals surface area contributed by atoms with E-state index in [2.05, 4.69) is 41.5 Å². The van der Waals surface area contributed by atoms with Gasteiger partial charge in [-0.1, -0.05) is 12.1 Å². The summed E-state index contributed by atoms with van der Waals surface area (Å²) in [6.07, 6.45) is 4.03. The van der Waals surface area contributed by atoms with Crippen LogP contribution in [0.3, 0.4) is 0 Å². The molecule has 7 nitrogen and oxygen atoms in total. The highest BCUT2D eigenvalue weighted by Gasteiger charge is 2.14. The quantitative estimate of drug-likeness (QED) is 0.505. The molecule has 0 aliphatic carbocycles. The van der Waals surface area contributed by atoms with Gasteiger partial charge < -0.3 is 20.4 Å². The number of aromatic nitrogens is 3. The van der Waals surface area contributed by atoms with Crippen molar-refractivity contribution in [3.63, 3.8) is 0 Å². The molecule has 1 aromatic carbocycles. The first kappa shape index (κ1) is 20.0. The van der Waals surface area contributed by atoms with Crippen LogP contribution in [0, 0.1) is 5.92 Å². The molecule has 4 rings (SSSR count). The molecule has 1 aliphatic rings. The van der Waals surface area contributed by atoms with E-state index in [1.807, 2.05) is 24.3 Å². The molecule has 3 heterocycles. The van der Waals surface area contributed by atoms with E-state index in [-0.39, 0.29) is 12.2 Å². The van der Waals surface area contributed by atoms with E-state index in [9.17, 15) is 4.79 Å². The number of para-hydroxylation sites is 1. The summed E-state index contributed by atoms with van der Waals surface area (Å²) >= 11 is 3.46. The maximum atomic E-state index is 12.5. The molecule has 2 aromatic heterocycles. The van der Waals surface area contributed by atoms with E-state index < -0.39 is 0 Å². The molecule has 0 unspecified atom stereocenters. The number of fused-ring (bicyclic) bond motifs is 1. The Morgan fingerprint density at radius 2 is 2.03 bits per heavy atom. The molecule has 0 amide bonds. The number of aromatic amines is 1. The minimum Gasteiger partial charge on any atom is -0.485 e. The number of piperidine rings is 1. The van der Waals surface area contributed by atoms with E-state index >= 15 is 0 Å². The zero-order chi connectivity index (χ0) is 20.1. The van der Waals surface area contributed by atoms with Crippen molar-refractivity contribution < 1.29 is 4.74 Å². The molecular weight excluding hydrogens is 434 g/mol. The molecule has 29 heavy (non-hydrogen) atoms. The molecule has 0 spiro atoms. The third-order valence-corrected chi connectivity index (χ3v) is 5.79. The number of benzene rings is 1. The predicted molar refractivity (Wildman–Crippen MR) is 116 cm³/mol. The Labute approximate surface area is 177 Å². The molecule has 3 N–H and O–H groups in total. The topological polar surface area (TPSA) is 91.9 Å². The minimum absolute atomic E-state index is 0.171. The van der Waals surface area contributed by atoms with Gasteiger partial charge in [-0.15, -0.1) is 0 Å². The summed E-state index contributed by atoms with van der Waals surface area (Å²) < 4.78 is 6.66. The van der Waals surface area contributed by atoms with Crippen molar-refractivity contribution in [1.29, 1.82) is 0 Å². The Morgan fingerprint density at radius 3 is 2.86 bits per heavy atom. The number of ether oxygens (including phenoxy) is 1. The van der Waals surface area contributed by atoms with E-state index in [4.69, 9.17) is 4.74 Å². The number of hydrogen-bond donors (Lipinski definition) is 3. The molecule has 0 saturated carbocycles. The Balaban J connectivity index is 1.49. The maximum absolute atomic E-state index is 12.5. The smallest absolute Gasteiger partial charge is 0.258 e. The molecule has 0 atom stereocenters. The summed E-state index contributed by atoms with van der Waals surface area (Å²) in [5.41, 5.74) is 1.23. The van der Waals surface area contributed by atoms with Gasteiger partial charge >= 0.3 is 0 Å². The molecule has 8 heteroatoms.